The lowest BCUT2D eigenvalue weighted by Gasteiger charge is -2.46. The van der Waals surface area contributed by atoms with Crippen molar-refractivity contribution in [1.82, 2.24) is 0 Å². The Kier molecular flexibility index (Phi) is 2.17. The lowest BCUT2D eigenvalue weighted by Crippen LogP contribution is -2.73. The van der Waals surface area contributed by atoms with E-state index >= 15 is 0 Å². The van der Waals surface area contributed by atoms with Gasteiger partial charge in [0.05, 0.1) is 5.39 Å². The molecule has 2 N–H and O–H groups in total. The second-order valence-corrected chi connectivity index (χ2v) is 7.69. The number of benzene rings is 2. The average Bonchev–Trinajstić information content (AvgIpc) is 3.57. The molecule has 2 aromatic carbocycles. The summed E-state index contributed by atoms with van der Waals surface area (Å²) in [4.78, 5) is 12.7. The van der Waals surface area contributed by atoms with Crippen molar-refractivity contribution in [1.29, 1.82) is 0 Å². The molecular formula is C20H14O7. The molecule has 2 saturated heterocycles. The van der Waals surface area contributed by atoms with Gasteiger partial charge in [-0.1, -0.05) is 24.3 Å². The van der Waals surface area contributed by atoms with Crippen LogP contribution >= 0.6 is 0 Å². The zero-order valence-corrected chi connectivity index (χ0v) is 13.9. The first kappa shape index (κ1) is 14.6. The number of carbonyl (C=O) groups is 1. The van der Waals surface area contributed by atoms with E-state index in [4.69, 9.17) is 18.9 Å². The minimum Gasteiger partial charge on any atom is -0.446 e. The summed E-state index contributed by atoms with van der Waals surface area (Å²) in [5.74, 6) is -0.863. The van der Waals surface area contributed by atoms with Crippen LogP contribution < -0.4 is 9.47 Å². The number of hydrogen-bond donors (Lipinski definition) is 2. The number of fused-ring (bicyclic) bond motifs is 2. The first-order valence-corrected chi connectivity index (χ1v) is 8.89. The van der Waals surface area contributed by atoms with Crippen molar-refractivity contribution >= 4 is 16.6 Å². The van der Waals surface area contributed by atoms with Crippen molar-refractivity contribution in [3.8, 4) is 11.5 Å². The van der Waals surface area contributed by atoms with E-state index in [0.29, 0.717) is 11.5 Å². The first-order valence-electron chi connectivity index (χ1n) is 8.89. The Morgan fingerprint density at radius 3 is 2.41 bits per heavy atom. The zero-order valence-electron chi connectivity index (χ0n) is 13.9. The van der Waals surface area contributed by atoms with Crippen LogP contribution in [0.4, 0.5) is 0 Å². The number of epoxide rings is 2. The van der Waals surface area contributed by atoms with Crippen LogP contribution in [0.1, 0.15) is 0 Å². The van der Waals surface area contributed by atoms with Crippen molar-refractivity contribution in [2.75, 3.05) is 0 Å². The van der Waals surface area contributed by atoms with Crippen molar-refractivity contribution in [3.63, 3.8) is 0 Å². The van der Waals surface area contributed by atoms with Crippen LogP contribution in [0, 0.1) is 0 Å². The van der Waals surface area contributed by atoms with Gasteiger partial charge >= 0.3 is 5.79 Å². The fourth-order valence-corrected chi connectivity index (χ4v) is 5.31. The third-order valence-electron chi connectivity index (χ3n) is 6.54. The SMILES string of the molecule is O=C1C=C[C@H](O)[C@]23O[C@]12[C@@H](O)[C@H]1O[C@H]1C31Oc2cccc3cccc(c23)O1. The summed E-state index contributed by atoms with van der Waals surface area (Å²) in [6.45, 7) is 0. The molecule has 0 unspecified atom stereocenters. The van der Waals surface area contributed by atoms with Crippen LogP contribution in [0.25, 0.3) is 10.8 Å². The fourth-order valence-electron chi connectivity index (χ4n) is 5.31. The van der Waals surface area contributed by atoms with Gasteiger partial charge in [0, 0.05) is 0 Å². The highest BCUT2D eigenvalue weighted by Gasteiger charge is 2.99. The zero-order chi connectivity index (χ0) is 18.2. The van der Waals surface area contributed by atoms with Crippen LogP contribution in [0.2, 0.25) is 0 Å². The maximum absolute atomic E-state index is 12.7. The number of carbonyl (C=O) groups excluding carboxylic acids is 1. The molecule has 7 heteroatoms. The molecular weight excluding hydrogens is 352 g/mol. The monoisotopic (exact) mass is 366 g/mol. The smallest absolute Gasteiger partial charge is 0.316 e. The number of hydrogen-bond acceptors (Lipinski definition) is 7. The van der Waals surface area contributed by atoms with E-state index in [-0.39, 0.29) is 0 Å². The van der Waals surface area contributed by atoms with E-state index in [2.05, 4.69) is 0 Å². The molecule has 6 atom stereocenters. The Labute approximate surface area is 152 Å². The minimum atomic E-state index is -1.63. The average molecular weight is 366 g/mol. The molecule has 0 bridgehead atoms. The highest BCUT2D eigenvalue weighted by Crippen LogP contribution is 2.71. The molecule has 2 aromatic rings. The molecule has 7 nitrogen and oxygen atoms in total. The molecule has 27 heavy (non-hydrogen) atoms. The van der Waals surface area contributed by atoms with Gasteiger partial charge in [-0.2, -0.15) is 0 Å². The lowest BCUT2D eigenvalue weighted by atomic mass is 9.66. The topological polar surface area (TPSA) is 101 Å². The summed E-state index contributed by atoms with van der Waals surface area (Å²) in [5, 5.41) is 23.3. The van der Waals surface area contributed by atoms with Crippen molar-refractivity contribution in [2.45, 2.75) is 41.4 Å². The molecule has 5 aliphatic rings. The Hall–Kier alpha value is -2.45. The summed E-state index contributed by atoms with van der Waals surface area (Å²) < 4.78 is 24.3. The van der Waals surface area contributed by atoms with Crippen LogP contribution in [-0.4, -0.2) is 57.4 Å². The maximum atomic E-state index is 12.7. The standard InChI is InChI=1S/C20H14O7/c21-12-7-8-13(22)19-18(12,27-19)16(23)15-17(24-15)20(19)25-10-5-1-3-9-4-2-6-11(26-20)14(9)10/h1-8,13,15-17,22-23H/t13-,15+,16-,17+,18-,19-/m0/s1. The Balaban J connectivity index is 1.50. The summed E-state index contributed by atoms with van der Waals surface area (Å²) in [7, 11) is 0. The van der Waals surface area contributed by atoms with Gasteiger partial charge in [-0.3, -0.25) is 4.79 Å². The van der Waals surface area contributed by atoms with E-state index in [1.54, 1.807) is 0 Å². The quantitative estimate of drug-likeness (QED) is 0.653. The molecule has 0 radical (unpaired) electrons. The largest absolute Gasteiger partial charge is 0.446 e. The highest BCUT2D eigenvalue weighted by atomic mass is 16.8. The van der Waals surface area contributed by atoms with Crippen LogP contribution in [0.15, 0.2) is 48.6 Å². The molecule has 1 saturated carbocycles. The van der Waals surface area contributed by atoms with Gasteiger partial charge in [0.15, 0.2) is 17.5 Å². The summed E-state index contributed by atoms with van der Waals surface area (Å²) in [6.07, 6.45) is -1.11. The molecule has 7 rings (SSSR count). The number of aliphatic hydroxyl groups is 2. The predicted octanol–water partition coefficient (Wildman–Crippen LogP) is 0.457. The van der Waals surface area contributed by atoms with Crippen LogP contribution in [0.5, 0.6) is 11.5 Å². The number of aliphatic hydroxyl groups excluding tert-OH is 2. The van der Waals surface area contributed by atoms with E-state index in [1.807, 2.05) is 36.4 Å². The van der Waals surface area contributed by atoms with E-state index in [0.717, 1.165) is 10.8 Å². The van der Waals surface area contributed by atoms with E-state index in [1.165, 1.54) is 12.2 Å². The lowest BCUT2D eigenvalue weighted by molar-refractivity contribution is -0.207. The third-order valence-corrected chi connectivity index (χ3v) is 6.54. The number of ether oxygens (including phenoxy) is 4. The predicted molar refractivity (Wildman–Crippen MR) is 89.3 cm³/mol. The Morgan fingerprint density at radius 1 is 1.00 bits per heavy atom. The van der Waals surface area contributed by atoms with Crippen LogP contribution in [0.3, 0.4) is 0 Å². The Bertz CT molecular complexity index is 1050. The van der Waals surface area contributed by atoms with Gasteiger partial charge in [0.1, 0.15) is 29.8 Å². The number of rotatable bonds is 0. The van der Waals surface area contributed by atoms with Gasteiger partial charge in [0.2, 0.25) is 5.60 Å². The van der Waals surface area contributed by atoms with Crippen molar-refractivity contribution in [2.24, 2.45) is 0 Å². The van der Waals surface area contributed by atoms with Crippen molar-refractivity contribution in [3.05, 3.63) is 48.6 Å². The molecule has 2 aliphatic carbocycles. The summed E-state index contributed by atoms with van der Waals surface area (Å²) in [5.41, 5.74) is -3.20. The second-order valence-electron chi connectivity index (χ2n) is 7.69. The molecule has 0 amide bonds. The normalized spacial score (nSPS) is 44.0. The molecule has 1 spiro atoms. The van der Waals surface area contributed by atoms with E-state index in [9.17, 15) is 15.0 Å². The minimum absolute atomic E-state index is 0.419. The van der Waals surface area contributed by atoms with Gasteiger partial charge in [0.25, 0.3) is 0 Å². The molecule has 3 aliphatic heterocycles. The molecule has 0 aromatic heterocycles. The highest BCUT2D eigenvalue weighted by molar-refractivity contribution is 6.04. The molecule has 3 heterocycles. The fraction of sp³-hybridized carbons (Fsp3) is 0.350. The van der Waals surface area contributed by atoms with Crippen molar-refractivity contribution < 1.29 is 34.0 Å². The van der Waals surface area contributed by atoms with Gasteiger partial charge in [-0.05, 0) is 29.7 Å². The van der Waals surface area contributed by atoms with Gasteiger partial charge < -0.3 is 29.2 Å². The van der Waals surface area contributed by atoms with Crippen LogP contribution in [-0.2, 0) is 14.3 Å². The summed E-state index contributed by atoms with van der Waals surface area (Å²) >= 11 is 0. The first-order chi connectivity index (χ1) is 13.1. The summed E-state index contributed by atoms with van der Waals surface area (Å²) in [6, 6.07) is 11.3. The van der Waals surface area contributed by atoms with Gasteiger partial charge in [-0.15, -0.1) is 0 Å². The van der Waals surface area contributed by atoms with Gasteiger partial charge in [-0.25, -0.2) is 0 Å². The third kappa shape index (κ3) is 1.28. The number of ketones is 1. The van der Waals surface area contributed by atoms with E-state index < -0.39 is 47.2 Å². The second kappa shape index (κ2) is 4.02. The molecule has 3 fully saturated rings. The molecule has 136 valence electrons. The maximum Gasteiger partial charge on any atom is 0.316 e. The Morgan fingerprint density at radius 2 is 1.70 bits per heavy atom.